The molecular weight excluding hydrogens is 266 g/mol. The fourth-order valence-electron chi connectivity index (χ4n) is 1.98. The van der Waals surface area contributed by atoms with Crippen LogP contribution in [-0.2, 0) is 11.2 Å². The van der Waals surface area contributed by atoms with Crippen molar-refractivity contribution in [1.29, 1.82) is 0 Å². The summed E-state index contributed by atoms with van der Waals surface area (Å²) in [6, 6.07) is 9.68. The maximum atomic E-state index is 11.9. The summed E-state index contributed by atoms with van der Waals surface area (Å²) in [5.41, 5.74) is 1.61. The number of amides is 1. The summed E-state index contributed by atoms with van der Waals surface area (Å²) in [6.45, 7) is 6.16. The van der Waals surface area contributed by atoms with Gasteiger partial charge in [-0.1, -0.05) is 25.1 Å². The van der Waals surface area contributed by atoms with E-state index in [0.717, 1.165) is 18.7 Å². The molecule has 1 aromatic carbocycles. The molecule has 0 radical (unpaired) electrons. The molecule has 0 spiro atoms. The molecule has 0 fully saturated rings. The lowest BCUT2D eigenvalue weighted by Gasteiger charge is -2.04. The number of aromatic nitrogens is 1. The van der Waals surface area contributed by atoms with Gasteiger partial charge in [-0.25, -0.2) is 4.98 Å². The number of carbonyl (C=O) groups excluding carboxylic acids is 1. The number of rotatable bonds is 7. The zero-order valence-corrected chi connectivity index (χ0v) is 12.5. The van der Waals surface area contributed by atoms with Gasteiger partial charge in [0.05, 0.1) is 12.1 Å². The van der Waals surface area contributed by atoms with Gasteiger partial charge < -0.3 is 15.1 Å². The highest BCUT2D eigenvalue weighted by Crippen LogP contribution is 2.21. The second kappa shape index (κ2) is 7.59. The van der Waals surface area contributed by atoms with Gasteiger partial charge in [0.2, 0.25) is 11.8 Å². The number of aryl methyl sites for hydroxylation is 1. The average molecular weight is 287 g/mol. The maximum absolute atomic E-state index is 11.9. The Labute approximate surface area is 124 Å². The molecule has 0 aliphatic rings. The van der Waals surface area contributed by atoms with Crippen LogP contribution in [0.15, 0.2) is 34.7 Å². The van der Waals surface area contributed by atoms with Gasteiger partial charge in [0.1, 0.15) is 5.76 Å². The molecule has 0 unspecified atom stereocenters. The van der Waals surface area contributed by atoms with Crippen molar-refractivity contribution in [3.8, 4) is 11.5 Å². The summed E-state index contributed by atoms with van der Waals surface area (Å²) in [7, 11) is 0. The number of benzene rings is 1. The Morgan fingerprint density at radius 1 is 1.24 bits per heavy atom. The third-order valence-electron chi connectivity index (χ3n) is 3.12. The van der Waals surface area contributed by atoms with E-state index in [1.165, 1.54) is 0 Å². The fourth-order valence-corrected chi connectivity index (χ4v) is 1.98. The second-order valence-corrected chi connectivity index (χ2v) is 4.77. The molecule has 2 N–H and O–H groups in total. The molecule has 21 heavy (non-hydrogen) atoms. The molecule has 0 aliphatic heterocycles. The molecule has 5 nitrogen and oxygen atoms in total. The number of oxazole rings is 1. The molecule has 0 bridgehead atoms. The third kappa shape index (κ3) is 4.43. The van der Waals surface area contributed by atoms with Gasteiger partial charge in [-0.05, 0) is 25.6 Å². The monoisotopic (exact) mass is 287 g/mol. The minimum Gasteiger partial charge on any atom is -0.441 e. The SMILES string of the molecule is CCNCCNC(=O)Cc1nc(-c2ccccc2)oc1C. The van der Waals surface area contributed by atoms with Gasteiger partial charge in [0.15, 0.2) is 0 Å². The van der Waals surface area contributed by atoms with E-state index in [0.29, 0.717) is 23.9 Å². The van der Waals surface area contributed by atoms with Crippen molar-refractivity contribution in [2.24, 2.45) is 0 Å². The zero-order valence-electron chi connectivity index (χ0n) is 12.5. The molecule has 1 aromatic heterocycles. The summed E-state index contributed by atoms with van der Waals surface area (Å²) in [6.07, 6.45) is 0.244. The minimum absolute atomic E-state index is 0.0380. The smallest absolute Gasteiger partial charge is 0.226 e. The van der Waals surface area contributed by atoms with Crippen LogP contribution >= 0.6 is 0 Å². The van der Waals surface area contributed by atoms with Crippen molar-refractivity contribution < 1.29 is 9.21 Å². The Balaban J connectivity index is 1.95. The normalized spacial score (nSPS) is 10.6. The van der Waals surface area contributed by atoms with Crippen LogP contribution in [-0.4, -0.2) is 30.5 Å². The number of hydrogen-bond donors (Lipinski definition) is 2. The Morgan fingerprint density at radius 2 is 2.00 bits per heavy atom. The number of nitrogens with one attached hydrogen (secondary N) is 2. The predicted molar refractivity (Wildman–Crippen MR) is 81.9 cm³/mol. The highest BCUT2D eigenvalue weighted by Gasteiger charge is 2.14. The first-order valence-electron chi connectivity index (χ1n) is 7.20. The van der Waals surface area contributed by atoms with Gasteiger partial charge in [-0.2, -0.15) is 0 Å². The lowest BCUT2D eigenvalue weighted by molar-refractivity contribution is -0.120. The Kier molecular flexibility index (Phi) is 5.51. The molecule has 112 valence electrons. The lowest BCUT2D eigenvalue weighted by atomic mass is 10.2. The molecule has 0 saturated heterocycles. The highest BCUT2D eigenvalue weighted by molar-refractivity contribution is 5.78. The Morgan fingerprint density at radius 3 is 2.71 bits per heavy atom. The minimum atomic E-state index is -0.0380. The van der Waals surface area contributed by atoms with Crippen LogP contribution in [0.2, 0.25) is 0 Å². The van der Waals surface area contributed by atoms with Crippen molar-refractivity contribution in [3.63, 3.8) is 0 Å². The number of hydrogen-bond acceptors (Lipinski definition) is 4. The topological polar surface area (TPSA) is 67.2 Å². The van der Waals surface area contributed by atoms with Gasteiger partial charge in [-0.3, -0.25) is 4.79 Å². The summed E-state index contributed by atoms with van der Waals surface area (Å²) < 4.78 is 5.64. The van der Waals surface area contributed by atoms with Gasteiger partial charge in [0, 0.05) is 18.7 Å². The van der Waals surface area contributed by atoms with E-state index in [4.69, 9.17) is 4.42 Å². The second-order valence-electron chi connectivity index (χ2n) is 4.77. The summed E-state index contributed by atoms with van der Waals surface area (Å²) in [4.78, 5) is 16.3. The van der Waals surface area contributed by atoms with Crippen LogP contribution in [0.3, 0.4) is 0 Å². The standard InChI is InChI=1S/C16H21N3O2/c1-3-17-9-10-18-15(20)11-14-12(2)21-16(19-14)13-7-5-4-6-8-13/h4-8,17H,3,9-11H2,1-2H3,(H,18,20). The van der Waals surface area contributed by atoms with Crippen molar-refractivity contribution in [2.45, 2.75) is 20.3 Å². The predicted octanol–water partition coefficient (Wildman–Crippen LogP) is 1.92. The quantitative estimate of drug-likeness (QED) is 0.764. The third-order valence-corrected chi connectivity index (χ3v) is 3.12. The molecule has 0 atom stereocenters. The van der Waals surface area contributed by atoms with Crippen molar-refractivity contribution in [1.82, 2.24) is 15.6 Å². The molecular formula is C16H21N3O2. The first kappa shape index (κ1) is 15.3. The van der Waals surface area contributed by atoms with E-state index in [9.17, 15) is 4.79 Å². The van der Waals surface area contributed by atoms with Gasteiger partial charge >= 0.3 is 0 Å². The van der Waals surface area contributed by atoms with Crippen LogP contribution < -0.4 is 10.6 Å². The molecule has 2 aromatic rings. The van der Waals surface area contributed by atoms with Crippen LogP contribution in [0, 0.1) is 6.92 Å². The zero-order chi connectivity index (χ0) is 15.1. The van der Waals surface area contributed by atoms with E-state index < -0.39 is 0 Å². The van der Waals surface area contributed by atoms with Crippen molar-refractivity contribution in [3.05, 3.63) is 41.8 Å². The Hall–Kier alpha value is -2.14. The van der Waals surface area contributed by atoms with Crippen molar-refractivity contribution in [2.75, 3.05) is 19.6 Å². The number of carbonyl (C=O) groups is 1. The first-order valence-corrected chi connectivity index (χ1v) is 7.20. The van der Waals surface area contributed by atoms with E-state index in [1.807, 2.05) is 44.2 Å². The van der Waals surface area contributed by atoms with E-state index >= 15 is 0 Å². The molecule has 2 rings (SSSR count). The molecule has 5 heteroatoms. The summed E-state index contributed by atoms with van der Waals surface area (Å²) in [5, 5.41) is 6.01. The maximum Gasteiger partial charge on any atom is 0.226 e. The summed E-state index contributed by atoms with van der Waals surface area (Å²) in [5.74, 6) is 1.21. The number of nitrogens with zero attached hydrogens (tertiary/aromatic N) is 1. The largest absolute Gasteiger partial charge is 0.441 e. The van der Waals surface area contributed by atoms with E-state index in [1.54, 1.807) is 0 Å². The average Bonchev–Trinajstić information content (AvgIpc) is 2.86. The summed E-state index contributed by atoms with van der Waals surface area (Å²) >= 11 is 0. The van der Waals surface area contributed by atoms with Crippen LogP contribution in [0.25, 0.3) is 11.5 Å². The number of likely N-dealkylation sites (N-methyl/N-ethyl adjacent to an activating group) is 1. The lowest BCUT2D eigenvalue weighted by Crippen LogP contribution is -2.32. The van der Waals surface area contributed by atoms with Crippen LogP contribution in [0.5, 0.6) is 0 Å². The highest BCUT2D eigenvalue weighted by atomic mass is 16.4. The molecule has 0 aliphatic carbocycles. The van der Waals surface area contributed by atoms with Gasteiger partial charge in [-0.15, -0.1) is 0 Å². The van der Waals surface area contributed by atoms with Gasteiger partial charge in [0.25, 0.3) is 0 Å². The molecule has 0 saturated carbocycles. The Bertz CT molecular complexity index is 578. The van der Waals surface area contributed by atoms with Crippen LogP contribution in [0.1, 0.15) is 18.4 Å². The molecule has 1 amide bonds. The van der Waals surface area contributed by atoms with E-state index in [-0.39, 0.29) is 12.3 Å². The van der Waals surface area contributed by atoms with Crippen LogP contribution in [0.4, 0.5) is 0 Å². The fraction of sp³-hybridized carbons (Fsp3) is 0.375. The first-order chi connectivity index (χ1) is 10.2. The molecule has 1 heterocycles. The van der Waals surface area contributed by atoms with Crippen molar-refractivity contribution >= 4 is 5.91 Å². The van der Waals surface area contributed by atoms with E-state index in [2.05, 4.69) is 15.6 Å².